The van der Waals surface area contributed by atoms with Crippen molar-refractivity contribution in [2.24, 2.45) is 11.8 Å². The molecular weight excluding hydrogens is 422 g/mol. The predicted octanol–water partition coefficient (Wildman–Crippen LogP) is 2.61. The number of ether oxygens (including phenoxy) is 2. The van der Waals surface area contributed by atoms with Crippen LogP contribution in [-0.4, -0.2) is 42.1 Å². The first-order valence-electron chi connectivity index (χ1n) is 11.4. The molecule has 8 heteroatoms. The fourth-order valence-electron chi connectivity index (χ4n) is 4.88. The van der Waals surface area contributed by atoms with Gasteiger partial charge in [-0.15, -0.1) is 0 Å². The zero-order valence-corrected chi connectivity index (χ0v) is 18.3. The second kappa shape index (κ2) is 9.13. The molecule has 1 saturated heterocycles. The minimum absolute atomic E-state index is 0.0562. The number of nitrogens with one attached hydrogen (secondary N) is 2. The molecule has 1 saturated carbocycles. The van der Waals surface area contributed by atoms with Gasteiger partial charge in [0.05, 0.1) is 5.92 Å². The van der Waals surface area contributed by atoms with Crippen LogP contribution >= 0.6 is 0 Å². The monoisotopic (exact) mass is 449 g/mol. The minimum Gasteiger partial charge on any atom is -0.454 e. The molecule has 2 N–H and O–H groups in total. The largest absolute Gasteiger partial charge is 0.454 e. The van der Waals surface area contributed by atoms with E-state index in [0.29, 0.717) is 50.3 Å². The number of imide groups is 1. The van der Waals surface area contributed by atoms with Crippen molar-refractivity contribution in [1.29, 1.82) is 0 Å². The molecule has 0 aromatic heterocycles. The topological polar surface area (TPSA) is 97.0 Å². The van der Waals surface area contributed by atoms with Crippen molar-refractivity contribution in [2.45, 2.75) is 38.3 Å². The number of nitrogens with zero attached hydrogens (tertiary/aromatic N) is 1. The van der Waals surface area contributed by atoms with Crippen LogP contribution in [0.4, 0.5) is 4.79 Å². The summed E-state index contributed by atoms with van der Waals surface area (Å²) < 4.78 is 10.7. The summed E-state index contributed by atoms with van der Waals surface area (Å²) >= 11 is 0. The highest BCUT2D eigenvalue weighted by atomic mass is 16.7. The summed E-state index contributed by atoms with van der Waals surface area (Å²) in [5.41, 5.74) is 2.01. The van der Waals surface area contributed by atoms with Crippen LogP contribution in [0.15, 0.2) is 48.5 Å². The van der Waals surface area contributed by atoms with Crippen molar-refractivity contribution in [3.05, 3.63) is 59.7 Å². The van der Waals surface area contributed by atoms with Crippen LogP contribution in [0, 0.1) is 11.8 Å². The normalized spacial score (nSPS) is 23.6. The lowest BCUT2D eigenvalue weighted by Crippen LogP contribution is -2.62. The Balaban J connectivity index is 1.14. The summed E-state index contributed by atoms with van der Waals surface area (Å²) in [5.74, 6) is 0.709. The molecule has 0 radical (unpaired) electrons. The molecule has 1 aliphatic carbocycles. The van der Waals surface area contributed by atoms with Gasteiger partial charge in [-0.25, -0.2) is 4.79 Å². The highest BCUT2D eigenvalue weighted by Gasteiger charge is 2.45. The van der Waals surface area contributed by atoms with E-state index in [9.17, 15) is 14.4 Å². The first-order valence-corrected chi connectivity index (χ1v) is 11.4. The van der Waals surface area contributed by atoms with E-state index in [0.717, 1.165) is 11.1 Å². The standard InChI is InChI=1S/C25H27N3O5/c29-23(26-14-17-6-9-21-22(12-17)33-15-32-21)18-7-8-19-20(13-18)27-25(31)28(24(19)30)11-10-16-4-2-1-3-5-16/h1-6,9,12,18-20H,7-8,10-11,13-15H2,(H,26,29)(H,27,31). The lowest BCUT2D eigenvalue weighted by molar-refractivity contribution is -0.139. The fourth-order valence-corrected chi connectivity index (χ4v) is 4.88. The van der Waals surface area contributed by atoms with Crippen LogP contribution in [0.1, 0.15) is 30.4 Å². The molecule has 5 rings (SSSR count). The molecule has 0 spiro atoms. The van der Waals surface area contributed by atoms with Crippen molar-refractivity contribution in [1.82, 2.24) is 15.5 Å². The molecule has 8 nitrogen and oxygen atoms in total. The molecule has 3 unspecified atom stereocenters. The fraction of sp³-hybridized carbons (Fsp3) is 0.400. The summed E-state index contributed by atoms with van der Waals surface area (Å²) in [6, 6.07) is 14.7. The summed E-state index contributed by atoms with van der Waals surface area (Å²) in [5, 5.41) is 5.96. The second-order valence-corrected chi connectivity index (χ2v) is 8.80. The zero-order chi connectivity index (χ0) is 22.8. The third kappa shape index (κ3) is 4.51. The molecule has 3 atom stereocenters. The van der Waals surface area contributed by atoms with Crippen LogP contribution in [0.3, 0.4) is 0 Å². The molecule has 33 heavy (non-hydrogen) atoms. The summed E-state index contributed by atoms with van der Waals surface area (Å²) in [4.78, 5) is 39.8. The molecule has 2 aromatic rings. The lowest BCUT2D eigenvalue weighted by Gasteiger charge is -2.42. The van der Waals surface area contributed by atoms with Crippen LogP contribution < -0.4 is 20.1 Å². The second-order valence-electron chi connectivity index (χ2n) is 8.80. The van der Waals surface area contributed by atoms with Gasteiger partial charge in [0.1, 0.15) is 0 Å². The molecule has 2 heterocycles. The average Bonchev–Trinajstić information content (AvgIpc) is 3.30. The summed E-state index contributed by atoms with van der Waals surface area (Å²) in [7, 11) is 0. The molecule has 4 amide bonds. The van der Waals surface area contributed by atoms with Crippen LogP contribution in [0.25, 0.3) is 0 Å². The van der Waals surface area contributed by atoms with Gasteiger partial charge in [-0.1, -0.05) is 36.4 Å². The van der Waals surface area contributed by atoms with Crippen LogP contribution in [0.5, 0.6) is 11.5 Å². The highest BCUT2D eigenvalue weighted by molar-refractivity contribution is 5.99. The maximum atomic E-state index is 13.0. The minimum atomic E-state index is -0.362. The zero-order valence-electron chi connectivity index (χ0n) is 18.3. The first kappa shape index (κ1) is 21.3. The van der Waals surface area contributed by atoms with Gasteiger partial charge in [0.2, 0.25) is 18.6 Å². The highest BCUT2D eigenvalue weighted by Crippen LogP contribution is 2.34. The van der Waals surface area contributed by atoms with Crippen LogP contribution in [0.2, 0.25) is 0 Å². The Bertz CT molecular complexity index is 1060. The van der Waals surface area contributed by atoms with Crippen molar-refractivity contribution in [3.8, 4) is 11.5 Å². The van der Waals surface area contributed by atoms with Gasteiger partial charge in [-0.3, -0.25) is 14.5 Å². The van der Waals surface area contributed by atoms with Gasteiger partial charge >= 0.3 is 6.03 Å². The van der Waals surface area contributed by atoms with E-state index in [1.807, 2.05) is 48.5 Å². The molecule has 0 bridgehead atoms. The smallest absolute Gasteiger partial charge is 0.324 e. The van der Waals surface area contributed by atoms with E-state index in [1.54, 1.807) is 0 Å². The van der Waals surface area contributed by atoms with Crippen molar-refractivity contribution < 1.29 is 23.9 Å². The maximum Gasteiger partial charge on any atom is 0.324 e. The summed E-state index contributed by atoms with van der Waals surface area (Å²) in [6.07, 6.45) is 2.32. The Kier molecular flexibility index (Phi) is 5.90. The van der Waals surface area contributed by atoms with Gasteiger partial charge < -0.3 is 20.1 Å². The average molecular weight is 450 g/mol. The Hall–Kier alpha value is -3.55. The van der Waals surface area contributed by atoms with Crippen molar-refractivity contribution >= 4 is 17.8 Å². The van der Waals surface area contributed by atoms with E-state index < -0.39 is 0 Å². The number of benzene rings is 2. The Morgan fingerprint density at radius 1 is 1.03 bits per heavy atom. The first-order chi connectivity index (χ1) is 16.1. The van der Waals surface area contributed by atoms with Crippen molar-refractivity contribution in [2.75, 3.05) is 13.3 Å². The number of carbonyl (C=O) groups excluding carboxylic acids is 3. The number of fused-ring (bicyclic) bond motifs is 2. The van der Waals surface area contributed by atoms with E-state index >= 15 is 0 Å². The summed E-state index contributed by atoms with van der Waals surface area (Å²) in [6.45, 7) is 0.958. The number of amides is 4. The number of hydrogen-bond acceptors (Lipinski definition) is 5. The SMILES string of the molecule is O=C(NCc1ccc2c(c1)OCO2)C1CCC2C(=O)N(CCc3ccccc3)C(=O)NC2C1. The molecule has 2 aromatic carbocycles. The van der Waals surface area contributed by atoms with Gasteiger partial charge in [0.15, 0.2) is 11.5 Å². The maximum absolute atomic E-state index is 13.0. The number of urea groups is 1. The van der Waals surface area contributed by atoms with Gasteiger partial charge in [-0.05, 0) is 48.9 Å². The Morgan fingerprint density at radius 2 is 1.85 bits per heavy atom. The predicted molar refractivity (Wildman–Crippen MR) is 119 cm³/mol. The van der Waals surface area contributed by atoms with Gasteiger partial charge in [0, 0.05) is 25.0 Å². The number of hydrogen-bond donors (Lipinski definition) is 2. The van der Waals surface area contributed by atoms with Crippen molar-refractivity contribution in [3.63, 3.8) is 0 Å². The Morgan fingerprint density at radius 3 is 2.70 bits per heavy atom. The lowest BCUT2D eigenvalue weighted by atomic mass is 9.76. The van der Waals surface area contributed by atoms with Gasteiger partial charge in [-0.2, -0.15) is 0 Å². The quantitative estimate of drug-likeness (QED) is 0.707. The van der Waals surface area contributed by atoms with E-state index in [4.69, 9.17) is 9.47 Å². The molecule has 2 aliphatic heterocycles. The van der Waals surface area contributed by atoms with E-state index in [2.05, 4.69) is 10.6 Å². The molecule has 2 fully saturated rings. The van der Waals surface area contributed by atoms with Gasteiger partial charge in [0.25, 0.3) is 0 Å². The van der Waals surface area contributed by atoms with E-state index in [-0.39, 0.29) is 42.5 Å². The molecule has 3 aliphatic rings. The van der Waals surface area contributed by atoms with Crippen LogP contribution in [-0.2, 0) is 22.6 Å². The number of rotatable bonds is 6. The third-order valence-corrected chi connectivity index (χ3v) is 6.73. The van der Waals surface area contributed by atoms with E-state index in [1.165, 1.54) is 4.90 Å². The molecule has 172 valence electrons. The molecular formula is C25H27N3O5. The Labute approximate surface area is 192 Å². The third-order valence-electron chi connectivity index (χ3n) is 6.73. The number of carbonyl (C=O) groups is 3.